The number of hydrogen-bond donors (Lipinski definition) is 2. The lowest BCUT2D eigenvalue weighted by Crippen LogP contribution is -2.25. The number of nitrogens with zero attached hydrogens (tertiary/aromatic N) is 2. The van der Waals surface area contributed by atoms with E-state index in [0.29, 0.717) is 12.1 Å². The molecule has 2 N–H and O–H groups in total. The molecule has 3 aromatic rings. The lowest BCUT2D eigenvalue weighted by atomic mass is 9.97. The average Bonchev–Trinajstić information content (AvgIpc) is 3.03. The van der Waals surface area contributed by atoms with Gasteiger partial charge >= 0.3 is 0 Å². The van der Waals surface area contributed by atoms with E-state index < -0.39 is 0 Å². The van der Waals surface area contributed by atoms with Gasteiger partial charge in [-0.2, -0.15) is 10.2 Å². The zero-order chi connectivity index (χ0) is 19.5. The molecule has 4 rings (SSSR count). The Bertz CT molecular complexity index is 1080. The van der Waals surface area contributed by atoms with Gasteiger partial charge in [0.2, 0.25) is 11.8 Å². The number of rotatable bonds is 5. The first-order valence-electron chi connectivity index (χ1n) is 9.20. The summed E-state index contributed by atoms with van der Waals surface area (Å²) in [4.78, 5) is 23.8. The van der Waals surface area contributed by atoms with Gasteiger partial charge in [-0.15, -0.1) is 0 Å². The molecule has 1 aliphatic heterocycles. The molecule has 140 valence electrons. The van der Waals surface area contributed by atoms with Gasteiger partial charge in [-0.05, 0) is 41.0 Å². The lowest BCUT2D eigenvalue weighted by Gasteiger charge is -2.08. The molecule has 0 saturated carbocycles. The summed E-state index contributed by atoms with van der Waals surface area (Å²) in [6.45, 7) is 1.78. The van der Waals surface area contributed by atoms with Crippen LogP contribution in [0.1, 0.15) is 25.3 Å². The molecule has 0 radical (unpaired) electrons. The Hall–Kier alpha value is -3.54. The summed E-state index contributed by atoms with van der Waals surface area (Å²) >= 11 is 0. The summed E-state index contributed by atoms with van der Waals surface area (Å²) < 4.78 is 0. The number of carbonyl (C=O) groups is 2. The second-order valence-corrected chi connectivity index (χ2v) is 6.85. The van der Waals surface area contributed by atoms with Crippen LogP contribution in [0.15, 0.2) is 64.8 Å². The van der Waals surface area contributed by atoms with Crippen LogP contribution in [0.4, 0.5) is 0 Å². The highest BCUT2D eigenvalue weighted by atomic mass is 16.2. The molecule has 0 aliphatic carbocycles. The first kappa shape index (κ1) is 17.9. The highest BCUT2D eigenvalue weighted by molar-refractivity contribution is 6.13. The normalized spacial score (nSPS) is 16.5. The Labute approximate surface area is 162 Å². The molecule has 1 heterocycles. The molecule has 0 spiro atoms. The van der Waals surface area contributed by atoms with Crippen molar-refractivity contribution in [3.8, 4) is 0 Å². The molecule has 0 saturated heterocycles. The first-order valence-corrected chi connectivity index (χ1v) is 9.20. The Balaban J connectivity index is 1.51. The highest BCUT2D eigenvalue weighted by Gasteiger charge is 2.26. The van der Waals surface area contributed by atoms with Gasteiger partial charge in [0.1, 0.15) is 0 Å². The molecule has 0 bridgehead atoms. The van der Waals surface area contributed by atoms with Crippen LogP contribution in [0, 0.1) is 5.92 Å². The zero-order valence-corrected chi connectivity index (χ0v) is 15.5. The summed E-state index contributed by atoms with van der Waals surface area (Å²) in [7, 11) is 0. The molecule has 6 heteroatoms. The van der Waals surface area contributed by atoms with Crippen molar-refractivity contribution in [3.63, 3.8) is 0 Å². The van der Waals surface area contributed by atoms with Gasteiger partial charge in [-0.3, -0.25) is 9.59 Å². The minimum absolute atomic E-state index is 0.156. The van der Waals surface area contributed by atoms with Crippen LogP contribution in [-0.4, -0.2) is 23.7 Å². The van der Waals surface area contributed by atoms with Crippen molar-refractivity contribution in [3.05, 3.63) is 60.2 Å². The minimum Gasteiger partial charge on any atom is -0.273 e. The van der Waals surface area contributed by atoms with Crippen molar-refractivity contribution in [2.75, 3.05) is 0 Å². The number of hydrazone groups is 2. The number of hydrogen-bond acceptors (Lipinski definition) is 4. The Morgan fingerprint density at radius 1 is 1.14 bits per heavy atom. The average molecular weight is 372 g/mol. The van der Waals surface area contributed by atoms with E-state index in [1.165, 1.54) is 0 Å². The quantitative estimate of drug-likeness (QED) is 0.409. The van der Waals surface area contributed by atoms with E-state index in [2.05, 4.69) is 39.3 Å². The summed E-state index contributed by atoms with van der Waals surface area (Å²) in [5, 5.41) is 12.5. The molecule has 3 aromatic carbocycles. The van der Waals surface area contributed by atoms with Crippen LogP contribution >= 0.6 is 0 Å². The molecule has 1 atom stereocenters. The molecular weight excluding hydrogens is 352 g/mol. The van der Waals surface area contributed by atoms with Crippen LogP contribution < -0.4 is 10.9 Å². The number of benzene rings is 3. The lowest BCUT2D eigenvalue weighted by molar-refractivity contribution is -0.123. The van der Waals surface area contributed by atoms with Crippen molar-refractivity contribution in [1.82, 2.24) is 10.9 Å². The van der Waals surface area contributed by atoms with Crippen LogP contribution in [0.25, 0.3) is 21.5 Å². The van der Waals surface area contributed by atoms with Crippen LogP contribution in [0.2, 0.25) is 0 Å². The third-order valence-electron chi connectivity index (χ3n) is 5.02. The topological polar surface area (TPSA) is 82.9 Å². The second-order valence-electron chi connectivity index (χ2n) is 6.85. The molecule has 1 aliphatic rings. The van der Waals surface area contributed by atoms with Gasteiger partial charge in [0.15, 0.2) is 0 Å². The van der Waals surface area contributed by atoms with Crippen molar-refractivity contribution in [2.24, 2.45) is 16.1 Å². The number of fused-ring (bicyclic) bond motifs is 2. The van der Waals surface area contributed by atoms with Crippen LogP contribution in [-0.2, 0) is 9.59 Å². The van der Waals surface area contributed by atoms with E-state index in [9.17, 15) is 9.59 Å². The van der Waals surface area contributed by atoms with Gasteiger partial charge in [0.25, 0.3) is 0 Å². The summed E-state index contributed by atoms with van der Waals surface area (Å²) in [6.07, 6.45) is 2.32. The Kier molecular flexibility index (Phi) is 4.85. The molecule has 0 unspecified atom stereocenters. The fourth-order valence-corrected chi connectivity index (χ4v) is 3.52. The summed E-state index contributed by atoms with van der Waals surface area (Å²) in [6, 6.07) is 18.4. The van der Waals surface area contributed by atoms with E-state index in [0.717, 1.165) is 27.1 Å². The van der Waals surface area contributed by atoms with Gasteiger partial charge in [-0.1, -0.05) is 48.5 Å². The molecular formula is C22H20N4O2. The smallest absolute Gasteiger partial charge is 0.248 e. The Morgan fingerprint density at radius 3 is 2.39 bits per heavy atom. The van der Waals surface area contributed by atoms with Crippen molar-refractivity contribution in [1.29, 1.82) is 0 Å². The number of nitrogens with one attached hydrogen (secondary N) is 2. The molecule has 28 heavy (non-hydrogen) atoms. The fourth-order valence-electron chi connectivity index (χ4n) is 3.52. The van der Waals surface area contributed by atoms with Crippen molar-refractivity contribution >= 4 is 45.3 Å². The third kappa shape index (κ3) is 3.49. The summed E-state index contributed by atoms with van der Waals surface area (Å²) in [5.41, 5.74) is 6.68. The standard InChI is InChI=1S/C22H20N4O2/c1-14-17(22(28)26-24-14)10-11-21(27)25-23-13-20-18-8-4-2-6-15(18)12-16-7-3-5-9-19(16)20/h2-9,12-13,17H,10-11H2,1H3,(H,25,27)(H,26,28)/b23-13+/t17-/m1/s1. The second kappa shape index (κ2) is 7.60. The maximum absolute atomic E-state index is 12.1. The maximum atomic E-state index is 12.1. The fraction of sp³-hybridized carbons (Fsp3) is 0.182. The SMILES string of the molecule is CC1=NNC(=O)[C@@H]1CCC(=O)N/N=C/c1c2ccccc2cc2ccccc12. The Morgan fingerprint density at radius 2 is 1.79 bits per heavy atom. The van der Waals surface area contributed by atoms with Crippen molar-refractivity contribution < 1.29 is 9.59 Å². The monoisotopic (exact) mass is 372 g/mol. The number of amides is 2. The molecule has 6 nitrogen and oxygen atoms in total. The molecule has 0 aromatic heterocycles. The van der Waals surface area contributed by atoms with Gasteiger partial charge < -0.3 is 0 Å². The molecule has 0 fully saturated rings. The highest BCUT2D eigenvalue weighted by Crippen LogP contribution is 2.27. The van der Waals surface area contributed by atoms with E-state index in [1.807, 2.05) is 36.4 Å². The van der Waals surface area contributed by atoms with Crippen LogP contribution in [0.5, 0.6) is 0 Å². The van der Waals surface area contributed by atoms with E-state index in [-0.39, 0.29) is 24.2 Å². The maximum Gasteiger partial charge on any atom is 0.248 e. The van der Waals surface area contributed by atoms with E-state index in [4.69, 9.17) is 0 Å². The summed E-state index contributed by atoms with van der Waals surface area (Å²) in [5.74, 6) is -0.721. The van der Waals surface area contributed by atoms with Gasteiger partial charge in [0, 0.05) is 17.7 Å². The van der Waals surface area contributed by atoms with Crippen molar-refractivity contribution in [2.45, 2.75) is 19.8 Å². The zero-order valence-electron chi connectivity index (χ0n) is 15.5. The molecule has 2 amide bonds. The van der Waals surface area contributed by atoms with Gasteiger partial charge in [-0.25, -0.2) is 10.9 Å². The predicted octanol–water partition coefficient (Wildman–Crippen LogP) is 3.35. The third-order valence-corrected chi connectivity index (χ3v) is 5.02. The minimum atomic E-state index is -0.336. The van der Waals surface area contributed by atoms with E-state index in [1.54, 1.807) is 13.1 Å². The number of carbonyl (C=O) groups excluding carboxylic acids is 2. The van der Waals surface area contributed by atoms with E-state index >= 15 is 0 Å². The first-order chi connectivity index (χ1) is 13.6. The van der Waals surface area contributed by atoms with Gasteiger partial charge in [0.05, 0.1) is 12.1 Å². The largest absolute Gasteiger partial charge is 0.273 e. The predicted molar refractivity (Wildman–Crippen MR) is 111 cm³/mol. The van der Waals surface area contributed by atoms with Crippen LogP contribution in [0.3, 0.4) is 0 Å².